The summed E-state index contributed by atoms with van der Waals surface area (Å²) in [4.78, 5) is 1.09. The maximum absolute atomic E-state index is 9.69. The van der Waals surface area contributed by atoms with Gasteiger partial charge in [0.15, 0.2) is 0 Å². The van der Waals surface area contributed by atoms with E-state index in [1.807, 2.05) is 26.0 Å². The largest absolute Gasteiger partial charge is 0.390 e. The van der Waals surface area contributed by atoms with Crippen LogP contribution in [0.4, 0.5) is 0 Å². The van der Waals surface area contributed by atoms with Crippen LogP contribution in [-0.2, 0) is 6.42 Å². The Morgan fingerprint density at radius 3 is 2.43 bits per heavy atom. The molecule has 2 unspecified atom stereocenters. The molecule has 2 nitrogen and oxygen atoms in total. The van der Waals surface area contributed by atoms with E-state index in [1.165, 1.54) is 0 Å². The minimum absolute atomic E-state index is 0.0911. The van der Waals surface area contributed by atoms with Crippen molar-refractivity contribution < 1.29 is 10.2 Å². The smallest absolute Gasteiger partial charge is 0.0849 e. The molecule has 1 rings (SSSR count). The van der Waals surface area contributed by atoms with Crippen molar-refractivity contribution in [2.75, 3.05) is 0 Å². The van der Waals surface area contributed by atoms with Gasteiger partial charge in [0.2, 0.25) is 0 Å². The molecule has 0 spiro atoms. The van der Waals surface area contributed by atoms with Crippen molar-refractivity contribution >= 4 is 27.3 Å². The molecule has 0 aliphatic rings. The number of thiophene rings is 1. The fourth-order valence-electron chi connectivity index (χ4n) is 1.23. The SMILES string of the molecule is CC(C)C(O)C(O)Cc1ccc(Br)s1. The van der Waals surface area contributed by atoms with Gasteiger partial charge in [0.25, 0.3) is 0 Å². The number of hydrogen-bond acceptors (Lipinski definition) is 3. The van der Waals surface area contributed by atoms with Crippen molar-refractivity contribution in [3.05, 3.63) is 20.8 Å². The molecule has 0 amide bonds. The lowest BCUT2D eigenvalue weighted by Crippen LogP contribution is -2.32. The molecule has 14 heavy (non-hydrogen) atoms. The van der Waals surface area contributed by atoms with Crippen LogP contribution in [-0.4, -0.2) is 22.4 Å². The van der Waals surface area contributed by atoms with E-state index in [2.05, 4.69) is 15.9 Å². The van der Waals surface area contributed by atoms with E-state index < -0.39 is 12.2 Å². The fourth-order valence-corrected chi connectivity index (χ4v) is 2.77. The van der Waals surface area contributed by atoms with Crippen molar-refractivity contribution in [3.63, 3.8) is 0 Å². The molecule has 2 atom stereocenters. The highest BCUT2D eigenvalue weighted by molar-refractivity contribution is 9.11. The normalized spacial score (nSPS) is 15.9. The fraction of sp³-hybridized carbons (Fsp3) is 0.600. The van der Waals surface area contributed by atoms with Gasteiger partial charge in [-0.2, -0.15) is 0 Å². The lowest BCUT2D eigenvalue weighted by molar-refractivity contribution is -0.00691. The molecule has 0 saturated heterocycles. The first-order valence-electron chi connectivity index (χ1n) is 4.61. The topological polar surface area (TPSA) is 40.5 Å². The summed E-state index contributed by atoms with van der Waals surface area (Å²) in [6, 6.07) is 3.92. The van der Waals surface area contributed by atoms with E-state index in [4.69, 9.17) is 0 Å². The second-order valence-electron chi connectivity index (χ2n) is 3.71. The summed E-state index contributed by atoms with van der Waals surface area (Å²) >= 11 is 4.95. The van der Waals surface area contributed by atoms with Crippen LogP contribution in [0, 0.1) is 5.92 Å². The van der Waals surface area contributed by atoms with Crippen LogP contribution in [0.15, 0.2) is 15.9 Å². The predicted octanol–water partition coefficient (Wildman–Crippen LogP) is 2.43. The van der Waals surface area contributed by atoms with E-state index in [0.717, 1.165) is 8.66 Å². The standard InChI is InChI=1S/C10H15BrO2S/c1-6(2)10(13)8(12)5-7-3-4-9(11)14-7/h3-4,6,8,10,12-13H,5H2,1-2H3. The van der Waals surface area contributed by atoms with Crippen LogP contribution >= 0.6 is 27.3 Å². The Labute approximate surface area is 96.7 Å². The number of aliphatic hydroxyl groups is 2. The van der Waals surface area contributed by atoms with E-state index in [9.17, 15) is 10.2 Å². The number of aliphatic hydroxyl groups excluding tert-OH is 2. The molecule has 0 bridgehead atoms. The summed E-state index contributed by atoms with van der Waals surface area (Å²) in [6.45, 7) is 3.80. The van der Waals surface area contributed by atoms with Crippen LogP contribution in [0.25, 0.3) is 0 Å². The van der Waals surface area contributed by atoms with Crippen LogP contribution < -0.4 is 0 Å². The Morgan fingerprint density at radius 2 is 2.00 bits per heavy atom. The summed E-state index contributed by atoms with van der Waals surface area (Å²) in [5.74, 6) is 0.0911. The molecular weight excluding hydrogens is 264 g/mol. The van der Waals surface area contributed by atoms with Crippen molar-refractivity contribution in [1.82, 2.24) is 0 Å². The zero-order valence-electron chi connectivity index (χ0n) is 8.27. The summed E-state index contributed by atoms with van der Waals surface area (Å²) in [5, 5.41) is 19.3. The summed E-state index contributed by atoms with van der Waals surface area (Å²) in [5.41, 5.74) is 0. The van der Waals surface area contributed by atoms with Gasteiger partial charge in [0.05, 0.1) is 16.0 Å². The minimum atomic E-state index is -0.666. The molecule has 0 fully saturated rings. The van der Waals surface area contributed by atoms with Crippen molar-refractivity contribution in [2.45, 2.75) is 32.5 Å². The van der Waals surface area contributed by atoms with Gasteiger partial charge in [-0.1, -0.05) is 13.8 Å². The Kier molecular flexibility index (Phi) is 4.57. The monoisotopic (exact) mass is 278 g/mol. The third kappa shape index (κ3) is 3.35. The van der Waals surface area contributed by atoms with E-state index in [0.29, 0.717) is 6.42 Å². The third-order valence-electron chi connectivity index (χ3n) is 2.12. The Morgan fingerprint density at radius 1 is 1.36 bits per heavy atom. The van der Waals surface area contributed by atoms with Crippen LogP contribution in [0.2, 0.25) is 0 Å². The summed E-state index contributed by atoms with van der Waals surface area (Å²) < 4.78 is 1.05. The molecule has 0 aliphatic heterocycles. The lowest BCUT2D eigenvalue weighted by atomic mass is 9.99. The Balaban J connectivity index is 2.52. The van der Waals surface area contributed by atoms with Gasteiger partial charge in [-0.25, -0.2) is 0 Å². The van der Waals surface area contributed by atoms with Crippen molar-refractivity contribution in [2.24, 2.45) is 5.92 Å². The molecule has 0 radical (unpaired) electrons. The maximum atomic E-state index is 9.69. The van der Waals surface area contributed by atoms with E-state index in [-0.39, 0.29) is 5.92 Å². The van der Waals surface area contributed by atoms with Gasteiger partial charge >= 0.3 is 0 Å². The third-order valence-corrected chi connectivity index (χ3v) is 3.76. The molecule has 1 aromatic rings. The molecular formula is C10H15BrO2S. The van der Waals surface area contributed by atoms with Gasteiger partial charge in [0, 0.05) is 11.3 Å². The van der Waals surface area contributed by atoms with Gasteiger partial charge in [0.1, 0.15) is 0 Å². The highest BCUT2D eigenvalue weighted by Gasteiger charge is 2.20. The van der Waals surface area contributed by atoms with E-state index >= 15 is 0 Å². The van der Waals surface area contributed by atoms with Gasteiger partial charge in [-0.15, -0.1) is 11.3 Å². The first kappa shape index (κ1) is 12.2. The average molecular weight is 279 g/mol. The van der Waals surface area contributed by atoms with Gasteiger partial charge in [-0.05, 0) is 34.0 Å². The molecule has 0 aromatic carbocycles. The number of hydrogen-bond donors (Lipinski definition) is 2. The second kappa shape index (κ2) is 5.26. The highest BCUT2D eigenvalue weighted by Crippen LogP contribution is 2.24. The first-order valence-corrected chi connectivity index (χ1v) is 6.22. The summed E-state index contributed by atoms with van der Waals surface area (Å²) in [7, 11) is 0. The minimum Gasteiger partial charge on any atom is -0.390 e. The highest BCUT2D eigenvalue weighted by atomic mass is 79.9. The molecule has 0 saturated carbocycles. The second-order valence-corrected chi connectivity index (χ2v) is 6.26. The predicted molar refractivity (Wildman–Crippen MR) is 62.6 cm³/mol. The van der Waals surface area contributed by atoms with Gasteiger partial charge < -0.3 is 10.2 Å². The quantitative estimate of drug-likeness (QED) is 0.888. The molecule has 80 valence electrons. The van der Waals surface area contributed by atoms with Crippen LogP contribution in [0.3, 0.4) is 0 Å². The van der Waals surface area contributed by atoms with Crippen LogP contribution in [0.5, 0.6) is 0 Å². The molecule has 1 heterocycles. The molecule has 4 heteroatoms. The lowest BCUT2D eigenvalue weighted by Gasteiger charge is -2.20. The molecule has 0 aliphatic carbocycles. The van der Waals surface area contributed by atoms with Crippen molar-refractivity contribution in [1.29, 1.82) is 0 Å². The molecule has 1 aromatic heterocycles. The van der Waals surface area contributed by atoms with Crippen molar-refractivity contribution in [3.8, 4) is 0 Å². The Hall–Kier alpha value is 0.1000. The number of halogens is 1. The zero-order chi connectivity index (χ0) is 10.7. The zero-order valence-corrected chi connectivity index (χ0v) is 10.7. The maximum Gasteiger partial charge on any atom is 0.0849 e. The summed E-state index contributed by atoms with van der Waals surface area (Å²) in [6.07, 6.45) is -0.785. The first-order chi connectivity index (χ1) is 6.50. The number of rotatable bonds is 4. The molecule has 2 N–H and O–H groups in total. The van der Waals surface area contributed by atoms with Crippen LogP contribution in [0.1, 0.15) is 18.7 Å². The van der Waals surface area contributed by atoms with Gasteiger partial charge in [-0.3, -0.25) is 0 Å². The average Bonchev–Trinajstić information content (AvgIpc) is 2.49. The Bertz CT molecular complexity index is 285. The van der Waals surface area contributed by atoms with E-state index in [1.54, 1.807) is 11.3 Å².